The summed E-state index contributed by atoms with van der Waals surface area (Å²) in [6.07, 6.45) is 1.80. The van der Waals surface area contributed by atoms with Gasteiger partial charge in [0.25, 0.3) is 5.91 Å². The van der Waals surface area contributed by atoms with E-state index in [9.17, 15) is 4.79 Å². The molecule has 0 fully saturated rings. The molecule has 4 rings (SSSR count). The number of nitrogens with one attached hydrogen (secondary N) is 1. The molecule has 7 heteroatoms. The lowest BCUT2D eigenvalue weighted by molar-refractivity contribution is 0.0987. The summed E-state index contributed by atoms with van der Waals surface area (Å²) in [6, 6.07) is 12.2. The van der Waals surface area contributed by atoms with E-state index in [1.165, 1.54) is 5.56 Å². The number of carbonyl (C=O) groups is 1. The van der Waals surface area contributed by atoms with Gasteiger partial charge in [-0.25, -0.2) is 4.98 Å². The number of halogens is 1. The van der Waals surface area contributed by atoms with E-state index in [1.807, 2.05) is 43.3 Å². The standard InChI is InChI=1S/C22H24N4OS.ClH/c1-14-11-15(2)20-19(12-14)28-22(24-20)26(10-9-25(3)4)21(27)17-13-23-18-8-6-5-7-16(17)18;/h5-8,11-13,23H,9-10H2,1-4H3;1H. The van der Waals surface area contributed by atoms with Crippen molar-refractivity contribution in [2.75, 3.05) is 32.1 Å². The van der Waals surface area contributed by atoms with E-state index in [0.717, 1.165) is 38.4 Å². The number of nitrogens with zero attached hydrogens (tertiary/aromatic N) is 3. The molecule has 2 heterocycles. The van der Waals surface area contributed by atoms with Crippen LogP contribution < -0.4 is 4.90 Å². The zero-order valence-corrected chi connectivity index (χ0v) is 18.7. The molecule has 0 bridgehead atoms. The highest BCUT2D eigenvalue weighted by atomic mass is 35.5. The number of para-hydroxylation sites is 1. The number of thiazole rings is 1. The molecule has 0 aliphatic carbocycles. The number of fused-ring (bicyclic) bond motifs is 2. The summed E-state index contributed by atoms with van der Waals surface area (Å²) < 4.78 is 1.12. The summed E-state index contributed by atoms with van der Waals surface area (Å²) in [7, 11) is 4.03. The van der Waals surface area contributed by atoms with Crippen LogP contribution in [0.2, 0.25) is 0 Å². The van der Waals surface area contributed by atoms with Crippen LogP contribution in [-0.4, -0.2) is 48.0 Å². The molecule has 4 aromatic rings. The molecule has 0 radical (unpaired) electrons. The van der Waals surface area contributed by atoms with E-state index in [2.05, 4.69) is 35.9 Å². The van der Waals surface area contributed by atoms with Crippen molar-refractivity contribution in [2.24, 2.45) is 0 Å². The van der Waals surface area contributed by atoms with Crippen LogP contribution in [0.25, 0.3) is 21.1 Å². The molecular weight excluding hydrogens is 404 g/mol. The molecule has 0 spiro atoms. The van der Waals surface area contributed by atoms with Crippen LogP contribution in [0.3, 0.4) is 0 Å². The summed E-state index contributed by atoms with van der Waals surface area (Å²) >= 11 is 1.58. The van der Waals surface area contributed by atoms with Gasteiger partial charge in [0, 0.05) is 30.2 Å². The van der Waals surface area contributed by atoms with E-state index in [1.54, 1.807) is 17.5 Å². The minimum absolute atomic E-state index is 0. The summed E-state index contributed by atoms with van der Waals surface area (Å²) in [4.78, 5) is 25.5. The highest BCUT2D eigenvalue weighted by Gasteiger charge is 2.24. The molecule has 5 nitrogen and oxygen atoms in total. The van der Waals surface area contributed by atoms with Gasteiger partial charge in [0.15, 0.2) is 5.13 Å². The molecule has 0 atom stereocenters. The Morgan fingerprint density at radius 3 is 2.66 bits per heavy atom. The highest BCUT2D eigenvalue weighted by Crippen LogP contribution is 2.33. The summed E-state index contributed by atoms with van der Waals surface area (Å²) in [5.74, 6) is -0.0206. The fraction of sp³-hybridized carbons (Fsp3) is 0.273. The lowest BCUT2D eigenvalue weighted by Gasteiger charge is -2.21. The zero-order valence-electron chi connectivity index (χ0n) is 17.0. The van der Waals surface area contributed by atoms with Gasteiger partial charge in [-0.3, -0.25) is 9.69 Å². The van der Waals surface area contributed by atoms with E-state index < -0.39 is 0 Å². The minimum atomic E-state index is -0.0206. The number of hydrogen-bond acceptors (Lipinski definition) is 4. The first kappa shape index (κ1) is 21.3. The fourth-order valence-electron chi connectivity index (χ4n) is 3.45. The molecule has 0 aliphatic heterocycles. The van der Waals surface area contributed by atoms with Crippen molar-refractivity contribution in [3.8, 4) is 0 Å². The summed E-state index contributed by atoms with van der Waals surface area (Å²) in [6.45, 7) is 5.52. The Kier molecular flexibility index (Phi) is 6.27. The van der Waals surface area contributed by atoms with Gasteiger partial charge in [-0.05, 0) is 51.2 Å². The van der Waals surface area contributed by atoms with Crippen molar-refractivity contribution in [1.29, 1.82) is 0 Å². The second-order valence-electron chi connectivity index (χ2n) is 7.43. The Labute approximate surface area is 180 Å². The molecule has 0 aliphatic rings. The number of likely N-dealkylation sites (N-methyl/N-ethyl adjacent to an activating group) is 1. The highest BCUT2D eigenvalue weighted by molar-refractivity contribution is 7.22. The minimum Gasteiger partial charge on any atom is -0.360 e. The Morgan fingerprint density at radius 1 is 1.14 bits per heavy atom. The van der Waals surface area contributed by atoms with Crippen molar-refractivity contribution < 1.29 is 4.79 Å². The van der Waals surface area contributed by atoms with E-state index in [-0.39, 0.29) is 18.3 Å². The number of H-pyrrole nitrogens is 1. The maximum atomic E-state index is 13.5. The molecule has 2 aromatic carbocycles. The molecule has 0 saturated carbocycles. The van der Waals surface area contributed by atoms with Crippen LogP contribution in [0.15, 0.2) is 42.6 Å². The molecule has 0 saturated heterocycles. The predicted octanol–water partition coefficient (Wildman–Crippen LogP) is 5.02. The number of hydrogen-bond donors (Lipinski definition) is 1. The number of aryl methyl sites for hydroxylation is 2. The number of aromatic amines is 1. The van der Waals surface area contributed by atoms with Gasteiger partial charge in [0.05, 0.1) is 15.8 Å². The fourth-order valence-corrected chi connectivity index (χ4v) is 4.62. The molecule has 0 unspecified atom stereocenters. The van der Waals surface area contributed by atoms with Crippen LogP contribution in [0, 0.1) is 13.8 Å². The number of benzene rings is 2. The zero-order chi connectivity index (χ0) is 19.8. The van der Waals surface area contributed by atoms with Gasteiger partial charge in [0.1, 0.15) is 0 Å². The van der Waals surface area contributed by atoms with Gasteiger partial charge in [-0.2, -0.15) is 0 Å². The van der Waals surface area contributed by atoms with Gasteiger partial charge >= 0.3 is 0 Å². The van der Waals surface area contributed by atoms with Crippen molar-refractivity contribution in [3.63, 3.8) is 0 Å². The molecule has 152 valence electrons. The lowest BCUT2D eigenvalue weighted by Crippen LogP contribution is -2.36. The maximum Gasteiger partial charge on any atom is 0.262 e. The van der Waals surface area contributed by atoms with Gasteiger partial charge in [0.2, 0.25) is 0 Å². The van der Waals surface area contributed by atoms with E-state index in [0.29, 0.717) is 12.1 Å². The number of rotatable bonds is 5. The molecule has 29 heavy (non-hydrogen) atoms. The average molecular weight is 429 g/mol. The number of anilines is 1. The van der Waals surface area contributed by atoms with Crippen LogP contribution in [0.5, 0.6) is 0 Å². The summed E-state index contributed by atoms with van der Waals surface area (Å²) in [5, 5.41) is 1.69. The number of carbonyl (C=O) groups excluding carboxylic acids is 1. The van der Waals surface area contributed by atoms with Crippen LogP contribution >= 0.6 is 23.7 Å². The van der Waals surface area contributed by atoms with Gasteiger partial charge < -0.3 is 9.88 Å². The SMILES string of the molecule is Cc1cc(C)c2nc(N(CCN(C)C)C(=O)c3c[nH]c4ccccc34)sc2c1.Cl. The van der Waals surface area contributed by atoms with Crippen molar-refractivity contribution in [1.82, 2.24) is 14.9 Å². The monoisotopic (exact) mass is 428 g/mol. The Hall–Kier alpha value is -2.41. The second kappa shape index (κ2) is 8.53. The smallest absolute Gasteiger partial charge is 0.262 e. The molecule has 1 amide bonds. The lowest BCUT2D eigenvalue weighted by atomic mass is 10.1. The molecule has 1 N–H and O–H groups in total. The number of amides is 1. The third-order valence-electron chi connectivity index (χ3n) is 4.89. The van der Waals surface area contributed by atoms with E-state index in [4.69, 9.17) is 4.98 Å². The van der Waals surface area contributed by atoms with Gasteiger partial charge in [-0.1, -0.05) is 35.6 Å². The normalized spacial score (nSPS) is 11.2. The average Bonchev–Trinajstić information content (AvgIpc) is 3.25. The first-order chi connectivity index (χ1) is 13.4. The molecular formula is C22H25ClN4OS. The van der Waals surface area contributed by atoms with E-state index >= 15 is 0 Å². The third-order valence-corrected chi connectivity index (χ3v) is 5.91. The second-order valence-corrected chi connectivity index (χ2v) is 8.44. The Morgan fingerprint density at radius 2 is 1.90 bits per heavy atom. The van der Waals surface area contributed by atoms with Crippen molar-refractivity contribution in [2.45, 2.75) is 13.8 Å². The Bertz CT molecular complexity index is 1160. The topological polar surface area (TPSA) is 52.2 Å². The quantitative estimate of drug-likeness (QED) is 0.485. The predicted molar refractivity (Wildman–Crippen MR) is 125 cm³/mol. The first-order valence-corrected chi connectivity index (χ1v) is 10.2. The van der Waals surface area contributed by atoms with Crippen molar-refractivity contribution in [3.05, 3.63) is 59.3 Å². The van der Waals surface area contributed by atoms with Crippen LogP contribution in [-0.2, 0) is 0 Å². The van der Waals surface area contributed by atoms with Crippen LogP contribution in [0.1, 0.15) is 21.5 Å². The maximum absolute atomic E-state index is 13.5. The number of aromatic nitrogens is 2. The van der Waals surface area contributed by atoms with Crippen LogP contribution in [0.4, 0.5) is 5.13 Å². The third kappa shape index (κ3) is 4.15. The van der Waals surface area contributed by atoms with Crippen molar-refractivity contribution >= 4 is 55.9 Å². The largest absolute Gasteiger partial charge is 0.360 e. The van der Waals surface area contributed by atoms with Gasteiger partial charge in [-0.15, -0.1) is 12.4 Å². The Balaban J connectivity index is 0.00000240. The molecule has 2 aromatic heterocycles. The first-order valence-electron chi connectivity index (χ1n) is 9.34. The summed E-state index contributed by atoms with van der Waals surface area (Å²) in [5.41, 5.74) is 4.98.